The summed E-state index contributed by atoms with van der Waals surface area (Å²) in [6, 6.07) is 4.36. The van der Waals surface area contributed by atoms with Gasteiger partial charge in [-0.3, -0.25) is 4.79 Å². The number of hydrogen-bond donors (Lipinski definition) is 1. The van der Waals surface area contributed by atoms with Crippen LogP contribution in [-0.4, -0.2) is 17.0 Å². The summed E-state index contributed by atoms with van der Waals surface area (Å²) in [6.07, 6.45) is 0.627. The summed E-state index contributed by atoms with van der Waals surface area (Å²) in [5.41, 5.74) is 0.580. The van der Waals surface area contributed by atoms with E-state index in [4.69, 9.17) is 0 Å². The molecule has 0 fully saturated rings. The Kier molecular flexibility index (Phi) is 5.96. The van der Waals surface area contributed by atoms with Crippen molar-refractivity contribution in [2.45, 2.75) is 39.2 Å². The van der Waals surface area contributed by atoms with E-state index >= 15 is 0 Å². The second kappa shape index (κ2) is 7.00. The lowest BCUT2D eigenvalue weighted by Crippen LogP contribution is -2.30. The number of aliphatic hydroxyl groups excluding tert-OH is 1. The first-order chi connectivity index (χ1) is 8.47. The van der Waals surface area contributed by atoms with Gasteiger partial charge in [-0.05, 0) is 29.7 Å². The molecule has 1 N–H and O–H groups in total. The number of benzene rings is 1. The van der Waals surface area contributed by atoms with E-state index in [1.165, 1.54) is 12.1 Å². The molecule has 0 aliphatic heterocycles. The minimum atomic E-state index is -0.956. The Balaban J connectivity index is 2.74. The van der Waals surface area contributed by atoms with Crippen molar-refractivity contribution in [2.75, 3.05) is 0 Å². The maximum absolute atomic E-state index is 13.2. The fraction of sp³-hybridized carbons (Fsp3) is 0.500. The summed E-state index contributed by atoms with van der Waals surface area (Å²) in [4.78, 5) is 11.9. The number of rotatable bonds is 6. The molecule has 1 unspecified atom stereocenters. The van der Waals surface area contributed by atoms with Gasteiger partial charge in [0.05, 0.1) is 0 Å². The number of carbonyl (C=O) groups is 1. The zero-order chi connectivity index (χ0) is 13.7. The molecule has 1 atom stereocenters. The highest BCUT2D eigenvalue weighted by Crippen LogP contribution is 2.19. The van der Waals surface area contributed by atoms with E-state index in [9.17, 15) is 14.3 Å². The van der Waals surface area contributed by atoms with Crippen molar-refractivity contribution in [1.82, 2.24) is 0 Å². The van der Waals surface area contributed by atoms with E-state index in [0.29, 0.717) is 10.0 Å². The molecule has 18 heavy (non-hydrogen) atoms. The third-order valence-corrected chi connectivity index (χ3v) is 3.58. The molecular weight excluding hydrogens is 299 g/mol. The Morgan fingerprint density at radius 3 is 2.44 bits per heavy atom. The van der Waals surface area contributed by atoms with Crippen LogP contribution in [-0.2, 0) is 11.2 Å². The predicted molar refractivity (Wildman–Crippen MR) is 72.9 cm³/mol. The van der Waals surface area contributed by atoms with E-state index in [1.807, 2.05) is 13.8 Å². The van der Waals surface area contributed by atoms with Gasteiger partial charge in [0.1, 0.15) is 11.9 Å². The minimum Gasteiger partial charge on any atom is -0.385 e. The van der Waals surface area contributed by atoms with Crippen LogP contribution in [0.3, 0.4) is 0 Å². The molecule has 0 saturated carbocycles. The fourth-order valence-electron chi connectivity index (χ4n) is 2.02. The van der Waals surface area contributed by atoms with E-state index in [1.54, 1.807) is 6.07 Å². The first-order valence-electron chi connectivity index (χ1n) is 6.13. The molecule has 0 aromatic heterocycles. The molecule has 0 aliphatic carbocycles. The number of ketones is 1. The topological polar surface area (TPSA) is 37.3 Å². The smallest absolute Gasteiger partial charge is 0.165 e. The van der Waals surface area contributed by atoms with Gasteiger partial charge in [0.15, 0.2) is 5.78 Å². The second-order valence-corrected chi connectivity index (χ2v) is 5.36. The second-order valence-electron chi connectivity index (χ2n) is 4.44. The predicted octanol–water partition coefficient (Wildman–Crippen LogP) is 3.50. The monoisotopic (exact) mass is 316 g/mol. The Labute approximate surface area is 115 Å². The molecule has 100 valence electrons. The first kappa shape index (κ1) is 15.3. The molecule has 0 bridgehead atoms. The van der Waals surface area contributed by atoms with Gasteiger partial charge in [0.25, 0.3) is 0 Å². The number of hydrogen-bond acceptors (Lipinski definition) is 2. The van der Waals surface area contributed by atoms with Crippen LogP contribution in [0.2, 0.25) is 0 Å². The van der Waals surface area contributed by atoms with Gasteiger partial charge in [-0.25, -0.2) is 4.39 Å². The summed E-state index contributed by atoms with van der Waals surface area (Å²) in [6.45, 7) is 3.90. The van der Waals surface area contributed by atoms with Gasteiger partial charge >= 0.3 is 0 Å². The van der Waals surface area contributed by atoms with Crippen LogP contribution in [0.25, 0.3) is 0 Å². The van der Waals surface area contributed by atoms with E-state index in [2.05, 4.69) is 15.9 Å². The highest BCUT2D eigenvalue weighted by Gasteiger charge is 2.23. The zero-order valence-electron chi connectivity index (χ0n) is 10.6. The Bertz CT molecular complexity index is 396. The van der Waals surface area contributed by atoms with E-state index in [0.717, 1.165) is 12.8 Å². The Morgan fingerprint density at radius 2 is 1.94 bits per heavy atom. The lowest BCUT2D eigenvalue weighted by molar-refractivity contribution is -0.129. The van der Waals surface area contributed by atoms with Crippen LogP contribution in [0.1, 0.15) is 32.3 Å². The van der Waals surface area contributed by atoms with Gasteiger partial charge in [-0.15, -0.1) is 0 Å². The molecular formula is C14H18BrFO2. The number of halogens is 2. The summed E-state index contributed by atoms with van der Waals surface area (Å²) in [7, 11) is 0. The van der Waals surface area contributed by atoms with Gasteiger partial charge in [0.2, 0.25) is 0 Å². The molecule has 1 aromatic carbocycles. The fourth-order valence-corrected chi connectivity index (χ4v) is 2.53. The highest BCUT2D eigenvalue weighted by atomic mass is 79.9. The van der Waals surface area contributed by atoms with Crippen molar-refractivity contribution >= 4 is 21.7 Å². The SMILES string of the molecule is CCC(CC)C(O)C(=O)Cc1cc(F)cc(Br)c1. The third-order valence-electron chi connectivity index (χ3n) is 3.13. The van der Waals surface area contributed by atoms with Crippen molar-refractivity contribution in [2.24, 2.45) is 5.92 Å². The number of carbonyl (C=O) groups excluding carboxylic acids is 1. The average Bonchev–Trinajstić information content (AvgIpc) is 2.28. The van der Waals surface area contributed by atoms with Crippen LogP contribution in [0, 0.1) is 11.7 Å². The van der Waals surface area contributed by atoms with Crippen molar-refractivity contribution in [3.05, 3.63) is 34.1 Å². The third kappa shape index (κ3) is 4.18. The molecule has 0 heterocycles. The largest absolute Gasteiger partial charge is 0.385 e. The molecule has 2 nitrogen and oxygen atoms in total. The van der Waals surface area contributed by atoms with Crippen molar-refractivity contribution in [1.29, 1.82) is 0 Å². The van der Waals surface area contributed by atoms with E-state index < -0.39 is 6.10 Å². The first-order valence-corrected chi connectivity index (χ1v) is 6.93. The normalized spacial score (nSPS) is 12.8. The van der Waals surface area contributed by atoms with Gasteiger partial charge in [-0.2, -0.15) is 0 Å². The van der Waals surface area contributed by atoms with Crippen LogP contribution in [0.4, 0.5) is 4.39 Å². The quantitative estimate of drug-likeness (QED) is 0.872. The lowest BCUT2D eigenvalue weighted by Gasteiger charge is -2.18. The average molecular weight is 317 g/mol. The minimum absolute atomic E-state index is 0.0190. The summed E-state index contributed by atoms with van der Waals surface area (Å²) >= 11 is 3.18. The molecule has 1 aromatic rings. The molecule has 4 heteroatoms. The summed E-state index contributed by atoms with van der Waals surface area (Å²) in [5.74, 6) is -0.653. The molecule has 1 rings (SSSR count). The van der Waals surface area contributed by atoms with Crippen LogP contribution >= 0.6 is 15.9 Å². The van der Waals surface area contributed by atoms with Crippen LogP contribution < -0.4 is 0 Å². The maximum atomic E-state index is 13.2. The van der Waals surface area contributed by atoms with Gasteiger partial charge in [-0.1, -0.05) is 42.6 Å². The number of aliphatic hydroxyl groups is 1. The molecule has 0 spiro atoms. The molecule has 0 radical (unpaired) electrons. The standard InChI is InChI=1S/C14H18BrFO2/c1-3-10(4-2)14(18)13(17)7-9-5-11(15)8-12(16)6-9/h5-6,8,10,14,18H,3-4,7H2,1-2H3. The van der Waals surface area contributed by atoms with E-state index in [-0.39, 0.29) is 23.9 Å². The van der Waals surface area contributed by atoms with Crippen molar-refractivity contribution < 1.29 is 14.3 Å². The Morgan fingerprint density at radius 1 is 1.33 bits per heavy atom. The summed E-state index contributed by atoms with van der Waals surface area (Å²) < 4.78 is 13.8. The van der Waals surface area contributed by atoms with Crippen LogP contribution in [0.15, 0.2) is 22.7 Å². The van der Waals surface area contributed by atoms with Crippen LogP contribution in [0.5, 0.6) is 0 Å². The number of Topliss-reactive ketones (excluding diaryl/α,β-unsaturated/α-hetero) is 1. The molecule has 0 amide bonds. The van der Waals surface area contributed by atoms with Gasteiger partial charge < -0.3 is 5.11 Å². The van der Waals surface area contributed by atoms with Crippen molar-refractivity contribution in [3.63, 3.8) is 0 Å². The van der Waals surface area contributed by atoms with Crippen molar-refractivity contribution in [3.8, 4) is 0 Å². The molecule has 0 aliphatic rings. The summed E-state index contributed by atoms with van der Waals surface area (Å²) in [5, 5.41) is 9.92. The maximum Gasteiger partial charge on any atom is 0.165 e. The highest BCUT2D eigenvalue weighted by molar-refractivity contribution is 9.10. The van der Waals surface area contributed by atoms with Gasteiger partial charge in [0, 0.05) is 10.9 Å². The molecule has 0 saturated heterocycles. The zero-order valence-corrected chi connectivity index (χ0v) is 12.2. The Hall–Kier alpha value is -0.740. The lowest BCUT2D eigenvalue weighted by atomic mass is 9.91.